The van der Waals surface area contributed by atoms with Crippen LogP contribution < -0.4 is 22.1 Å². The Kier molecular flexibility index (Phi) is 10.3. The molecule has 0 saturated carbocycles. The molecule has 2 aromatic carbocycles. The number of Topliss-reactive ketones (excluding diaryl/α,β-unsaturated/α-hetero) is 1. The number of hydrogen-bond donors (Lipinski definition) is 4. The number of nitrogens with one attached hydrogen (secondary N) is 2. The number of carbonyl (C=O) groups excluding carboxylic acids is 4. The first-order valence-electron chi connectivity index (χ1n) is 11.1. The number of aryl methyl sites for hydroxylation is 1. The van der Waals surface area contributed by atoms with Gasteiger partial charge in [0.25, 0.3) is 0 Å². The minimum atomic E-state index is -1.28. The number of carbonyl (C=O) groups is 4. The second-order valence-corrected chi connectivity index (χ2v) is 8.27. The lowest BCUT2D eigenvalue weighted by atomic mass is 10.0. The minimum Gasteiger partial charge on any atom is -0.370 e. The van der Waals surface area contributed by atoms with Gasteiger partial charge in [-0.25, -0.2) is 4.39 Å². The van der Waals surface area contributed by atoms with Gasteiger partial charge in [0.2, 0.25) is 17.7 Å². The third-order valence-corrected chi connectivity index (χ3v) is 5.28. The van der Waals surface area contributed by atoms with Crippen molar-refractivity contribution in [2.45, 2.75) is 57.2 Å². The predicted molar refractivity (Wildman–Crippen MR) is 126 cm³/mol. The third-order valence-electron chi connectivity index (χ3n) is 5.28. The Morgan fingerprint density at radius 1 is 0.912 bits per heavy atom. The van der Waals surface area contributed by atoms with E-state index in [2.05, 4.69) is 10.6 Å². The van der Waals surface area contributed by atoms with Gasteiger partial charge in [-0.05, 0) is 43.4 Å². The molecule has 6 N–H and O–H groups in total. The zero-order valence-corrected chi connectivity index (χ0v) is 19.1. The minimum absolute atomic E-state index is 0.0898. The van der Waals surface area contributed by atoms with Crippen LogP contribution in [0.15, 0.2) is 54.6 Å². The summed E-state index contributed by atoms with van der Waals surface area (Å²) >= 11 is 0. The molecule has 0 aliphatic heterocycles. The Morgan fingerprint density at radius 2 is 1.56 bits per heavy atom. The number of halogens is 1. The lowest BCUT2D eigenvalue weighted by molar-refractivity contribution is -0.132. The van der Waals surface area contributed by atoms with Gasteiger partial charge in [0.15, 0.2) is 0 Å². The van der Waals surface area contributed by atoms with Crippen LogP contribution in [-0.4, -0.2) is 41.6 Å². The highest BCUT2D eigenvalue weighted by atomic mass is 19.1. The monoisotopic (exact) mass is 470 g/mol. The van der Waals surface area contributed by atoms with E-state index in [0.717, 1.165) is 5.56 Å². The Bertz CT molecular complexity index is 999. The fraction of sp³-hybridized carbons (Fsp3) is 0.360. The molecule has 2 aromatic rings. The number of ketones is 1. The highest BCUT2D eigenvalue weighted by molar-refractivity contribution is 5.93. The lowest BCUT2D eigenvalue weighted by Crippen LogP contribution is -2.55. The van der Waals surface area contributed by atoms with Crippen LogP contribution in [0.5, 0.6) is 0 Å². The van der Waals surface area contributed by atoms with Gasteiger partial charge in [0.1, 0.15) is 17.6 Å². The molecule has 9 heteroatoms. The van der Waals surface area contributed by atoms with E-state index in [1.54, 1.807) is 6.07 Å². The van der Waals surface area contributed by atoms with Crippen LogP contribution in [0.2, 0.25) is 0 Å². The van der Waals surface area contributed by atoms with Crippen LogP contribution in [0.3, 0.4) is 0 Å². The van der Waals surface area contributed by atoms with E-state index in [9.17, 15) is 23.6 Å². The average Bonchev–Trinajstić information content (AvgIpc) is 2.78. The van der Waals surface area contributed by atoms with E-state index < -0.39 is 48.1 Å². The molecule has 3 atom stereocenters. The Balaban J connectivity index is 2.04. The highest BCUT2D eigenvalue weighted by Gasteiger charge is 2.27. The van der Waals surface area contributed by atoms with Crippen LogP contribution in [0, 0.1) is 5.82 Å². The van der Waals surface area contributed by atoms with Gasteiger partial charge >= 0.3 is 0 Å². The van der Waals surface area contributed by atoms with E-state index in [0.29, 0.717) is 12.8 Å². The molecule has 3 amide bonds. The van der Waals surface area contributed by atoms with E-state index in [1.165, 1.54) is 25.1 Å². The topological polar surface area (TPSA) is 144 Å². The fourth-order valence-electron chi connectivity index (χ4n) is 3.54. The van der Waals surface area contributed by atoms with Gasteiger partial charge < -0.3 is 22.1 Å². The molecule has 0 saturated heterocycles. The second kappa shape index (κ2) is 13.2. The van der Waals surface area contributed by atoms with Crippen LogP contribution in [0.1, 0.15) is 37.3 Å². The van der Waals surface area contributed by atoms with Crippen molar-refractivity contribution in [3.63, 3.8) is 0 Å². The fourth-order valence-corrected chi connectivity index (χ4v) is 3.54. The van der Waals surface area contributed by atoms with Crippen LogP contribution in [0.25, 0.3) is 0 Å². The lowest BCUT2D eigenvalue weighted by Gasteiger charge is -2.23. The van der Waals surface area contributed by atoms with Gasteiger partial charge in [-0.3, -0.25) is 19.2 Å². The summed E-state index contributed by atoms with van der Waals surface area (Å²) in [6.07, 6.45) is 0.671. The number of benzene rings is 2. The molecule has 0 radical (unpaired) electrons. The molecule has 0 aromatic heterocycles. The van der Waals surface area contributed by atoms with Crippen molar-refractivity contribution in [2.24, 2.45) is 11.5 Å². The highest BCUT2D eigenvalue weighted by Crippen LogP contribution is 2.10. The zero-order valence-electron chi connectivity index (χ0n) is 19.1. The number of primary amides is 1. The number of nitrogens with two attached hydrogens (primary N) is 2. The molecule has 0 heterocycles. The Morgan fingerprint density at radius 3 is 2.18 bits per heavy atom. The summed E-state index contributed by atoms with van der Waals surface area (Å²) in [5.74, 6) is -2.78. The summed E-state index contributed by atoms with van der Waals surface area (Å²) in [4.78, 5) is 48.7. The first-order valence-corrected chi connectivity index (χ1v) is 11.1. The Labute approximate surface area is 198 Å². The normalized spacial score (nSPS) is 13.4. The summed E-state index contributed by atoms with van der Waals surface area (Å²) in [5.41, 5.74) is 12.5. The molecule has 8 nitrogen and oxygen atoms in total. The molecule has 34 heavy (non-hydrogen) atoms. The van der Waals surface area contributed by atoms with Crippen molar-refractivity contribution in [1.29, 1.82) is 0 Å². The van der Waals surface area contributed by atoms with Crippen LogP contribution >= 0.6 is 0 Å². The summed E-state index contributed by atoms with van der Waals surface area (Å²) in [5, 5.41) is 5.18. The van der Waals surface area contributed by atoms with Gasteiger partial charge in [-0.1, -0.05) is 48.5 Å². The molecule has 0 aliphatic carbocycles. The standard InChI is InChI=1S/C25H31FN4O4/c1-16(31)13-19(12-11-17-7-3-2-4-8-17)29-25(34)22(15-23(28)32)30-24(33)21(27)14-18-9-5-6-10-20(18)26/h2-10,19,21-22H,11-15,27H2,1H3,(H2,28,32)(H,29,34)(H,30,33)/t19?,21?,22-/m1/s1. The molecule has 2 rings (SSSR count). The molecule has 0 bridgehead atoms. The van der Waals surface area contributed by atoms with Crippen molar-refractivity contribution < 1.29 is 23.6 Å². The van der Waals surface area contributed by atoms with Gasteiger partial charge in [0.05, 0.1) is 12.5 Å². The summed E-state index contributed by atoms with van der Waals surface area (Å²) in [7, 11) is 0. The number of hydrogen-bond acceptors (Lipinski definition) is 5. The van der Waals surface area contributed by atoms with Crippen molar-refractivity contribution in [2.75, 3.05) is 0 Å². The summed E-state index contributed by atoms with van der Waals surface area (Å²) in [6.45, 7) is 1.42. The quantitative estimate of drug-likeness (QED) is 0.347. The number of amides is 3. The summed E-state index contributed by atoms with van der Waals surface area (Å²) in [6, 6.07) is 12.6. The van der Waals surface area contributed by atoms with Crippen molar-refractivity contribution in [3.8, 4) is 0 Å². The third kappa shape index (κ3) is 9.11. The first-order chi connectivity index (χ1) is 16.2. The molecule has 0 aliphatic rings. The van der Waals surface area contributed by atoms with Crippen molar-refractivity contribution in [3.05, 3.63) is 71.5 Å². The molecule has 0 fully saturated rings. The van der Waals surface area contributed by atoms with E-state index in [-0.39, 0.29) is 24.2 Å². The maximum atomic E-state index is 13.9. The number of rotatable bonds is 13. The summed E-state index contributed by atoms with van der Waals surface area (Å²) < 4.78 is 13.9. The molecular weight excluding hydrogens is 439 g/mol. The van der Waals surface area contributed by atoms with E-state index >= 15 is 0 Å². The smallest absolute Gasteiger partial charge is 0.243 e. The van der Waals surface area contributed by atoms with Crippen molar-refractivity contribution >= 4 is 23.5 Å². The van der Waals surface area contributed by atoms with E-state index in [4.69, 9.17) is 11.5 Å². The maximum absolute atomic E-state index is 13.9. The average molecular weight is 471 g/mol. The largest absolute Gasteiger partial charge is 0.370 e. The van der Waals surface area contributed by atoms with Gasteiger partial charge in [0, 0.05) is 12.5 Å². The van der Waals surface area contributed by atoms with Crippen molar-refractivity contribution in [1.82, 2.24) is 10.6 Å². The SMILES string of the molecule is CC(=O)CC(CCc1ccccc1)NC(=O)[C@@H](CC(N)=O)NC(=O)C(N)Cc1ccccc1F. The van der Waals surface area contributed by atoms with Crippen LogP contribution in [0.4, 0.5) is 4.39 Å². The molecule has 2 unspecified atom stereocenters. The van der Waals surface area contributed by atoms with E-state index in [1.807, 2.05) is 30.3 Å². The zero-order chi connectivity index (χ0) is 25.1. The molecule has 182 valence electrons. The maximum Gasteiger partial charge on any atom is 0.243 e. The first kappa shape index (κ1) is 26.7. The van der Waals surface area contributed by atoms with Gasteiger partial charge in [-0.15, -0.1) is 0 Å². The Hall–Kier alpha value is -3.59. The molecule has 0 spiro atoms. The van der Waals surface area contributed by atoms with Gasteiger partial charge in [-0.2, -0.15) is 0 Å². The predicted octanol–water partition coefficient (Wildman–Crippen LogP) is 1.15. The second-order valence-electron chi connectivity index (χ2n) is 8.27. The molecular formula is C25H31FN4O4. The van der Waals surface area contributed by atoms with Crippen LogP contribution in [-0.2, 0) is 32.0 Å².